The third-order valence-electron chi connectivity index (χ3n) is 3.09. The number of nitrogens with one attached hydrogen (secondary N) is 1. The number of hydrogen-bond acceptors (Lipinski definition) is 5. The SMILES string of the molecule is CC(C)(F)c1ccc(OP(O)O)cc1.NCCCCCCNC=O. The number of nitrogens with two attached hydrogens (primary N) is 1. The molecule has 0 saturated heterocycles. The average molecular weight is 362 g/mol. The lowest BCUT2D eigenvalue weighted by Gasteiger charge is -2.14. The summed E-state index contributed by atoms with van der Waals surface area (Å²) < 4.78 is 18.0. The maximum absolute atomic E-state index is 13.4. The zero-order chi connectivity index (χ0) is 18.4. The highest BCUT2D eigenvalue weighted by Crippen LogP contribution is 2.31. The Morgan fingerprint density at radius 1 is 1.21 bits per heavy atom. The van der Waals surface area contributed by atoms with Crippen LogP contribution in [-0.4, -0.2) is 29.3 Å². The second kappa shape index (κ2) is 13.1. The van der Waals surface area contributed by atoms with Gasteiger partial charge in [-0.1, -0.05) is 25.0 Å². The molecule has 1 rings (SSSR count). The number of amides is 1. The number of benzene rings is 1. The van der Waals surface area contributed by atoms with Gasteiger partial charge in [0, 0.05) is 6.54 Å². The molecule has 8 heteroatoms. The summed E-state index contributed by atoms with van der Waals surface area (Å²) in [4.78, 5) is 26.9. The fraction of sp³-hybridized carbons (Fsp3) is 0.562. The standard InChI is InChI=1S/C9H12FO3P.C7H16N2O/c1-9(2,10)7-3-5-8(6-4-7)13-14(11)12;8-5-3-1-2-4-6-9-7-10/h3-6,11-12H,1-2H3;7H,1-6,8H2,(H,9,10). The number of halogens is 1. The predicted molar refractivity (Wildman–Crippen MR) is 94.2 cm³/mol. The lowest BCUT2D eigenvalue weighted by molar-refractivity contribution is -0.109. The van der Waals surface area contributed by atoms with E-state index in [1.807, 2.05) is 0 Å². The summed E-state index contributed by atoms with van der Waals surface area (Å²) in [5.74, 6) is 0.314. The van der Waals surface area contributed by atoms with E-state index < -0.39 is 14.3 Å². The van der Waals surface area contributed by atoms with Gasteiger partial charge in [0.15, 0.2) is 0 Å². The molecule has 0 aliphatic carbocycles. The van der Waals surface area contributed by atoms with E-state index in [0.717, 1.165) is 38.8 Å². The molecule has 0 spiro atoms. The number of unbranched alkanes of at least 4 members (excludes halogenated alkanes) is 3. The second-order valence-corrected chi connectivity index (χ2v) is 6.30. The van der Waals surface area contributed by atoms with Crippen LogP contribution >= 0.6 is 8.60 Å². The number of rotatable bonds is 10. The third kappa shape index (κ3) is 12.2. The molecule has 138 valence electrons. The van der Waals surface area contributed by atoms with E-state index in [0.29, 0.717) is 11.3 Å². The van der Waals surface area contributed by atoms with Gasteiger partial charge >= 0.3 is 8.60 Å². The molecule has 0 aliphatic heterocycles. The molecule has 0 radical (unpaired) electrons. The van der Waals surface area contributed by atoms with Gasteiger partial charge in [-0.2, -0.15) is 0 Å². The number of alkyl halides is 1. The maximum Gasteiger partial charge on any atom is 0.391 e. The van der Waals surface area contributed by atoms with Crippen LogP contribution in [0.1, 0.15) is 45.1 Å². The molecule has 0 bridgehead atoms. The summed E-state index contributed by atoms with van der Waals surface area (Å²) in [6, 6.07) is 6.10. The summed E-state index contributed by atoms with van der Waals surface area (Å²) >= 11 is 0. The normalized spacial score (nSPS) is 10.8. The summed E-state index contributed by atoms with van der Waals surface area (Å²) in [6.45, 7) is 4.48. The second-order valence-electron chi connectivity index (χ2n) is 5.62. The Morgan fingerprint density at radius 3 is 2.25 bits per heavy atom. The molecular weight excluding hydrogens is 334 g/mol. The van der Waals surface area contributed by atoms with E-state index in [-0.39, 0.29) is 0 Å². The minimum absolute atomic E-state index is 0.314. The van der Waals surface area contributed by atoms with Gasteiger partial charge in [-0.15, -0.1) is 0 Å². The first-order valence-electron chi connectivity index (χ1n) is 7.83. The van der Waals surface area contributed by atoms with Gasteiger partial charge in [0.2, 0.25) is 6.41 Å². The van der Waals surface area contributed by atoms with Gasteiger partial charge in [-0.25, -0.2) is 4.39 Å². The molecule has 24 heavy (non-hydrogen) atoms. The van der Waals surface area contributed by atoms with Crippen molar-refractivity contribution < 1.29 is 23.5 Å². The van der Waals surface area contributed by atoms with Crippen LogP contribution in [0.4, 0.5) is 4.39 Å². The van der Waals surface area contributed by atoms with Crippen LogP contribution in [0.25, 0.3) is 0 Å². The van der Waals surface area contributed by atoms with Crippen molar-refractivity contribution >= 4 is 15.0 Å². The summed E-state index contributed by atoms with van der Waals surface area (Å²) in [6.07, 6.45) is 5.25. The largest absolute Gasteiger partial charge is 0.427 e. The molecule has 1 aromatic carbocycles. The Labute approximate surface area is 144 Å². The van der Waals surface area contributed by atoms with Crippen molar-refractivity contribution in [1.29, 1.82) is 0 Å². The molecule has 6 nitrogen and oxygen atoms in total. The van der Waals surface area contributed by atoms with Crippen molar-refractivity contribution in [2.75, 3.05) is 13.1 Å². The van der Waals surface area contributed by atoms with Crippen LogP contribution in [0.15, 0.2) is 24.3 Å². The van der Waals surface area contributed by atoms with Crippen LogP contribution in [-0.2, 0) is 10.5 Å². The van der Waals surface area contributed by atoms with Crippen LogP contribution in [0.2, 0.25) is 0 Å². The van der Waals surface area contributed by atoms with E-state index in [4.69, 9.17) is 15.5 Å². The Bertz CT molecular complexity index is 439. The molecule has 0 saturated carbocycles. The Kier molecular flexibility index (Phi) is 12.4. The Balaban J connectivity index is 0.000000470. The third-order valence-corrected chi connectivity index (χ3v) is 3.46. The zero-order valence-corrected chi connectivity index (χ0v) is 15.1. The van der Waals surface area contributed by atoms with Crippen LogP contribution in [0, 0.1) is 0 Å². The summed E-state index contributed by atoms with van der Waals surface area (Å²) in [5, 5.41) is 2.61. The molecule has 1 amide bonds. The van der Waals surface area contributed by atoms with E-state index >= 15 is 0 Å². The maximum atomic E-state index is 13.4. The fourth-order valence-electron chi connectivity index (χ4n) is 1.79. The van der Waals surface area contributed by atoms with Crippen LogP contribution in [0.5, 0.6) is 5.75 Å². The lowest BCUT2D eigenvalue weighted by Crippen LogP contribution is -2.11. The summed E-state index contributed by atoms with van der Waals surface area (Å²) in [7, 11) is -2.41. The topological polar surface area (TPSA) is 105 Å². The Morgan fingerprint density at radius 2 is 1.79 bits per heavy atom. The molecule has 0 aromatic heterocycles. The predicted octanol–water partition coefficient (Wildman–Crippen LogP) is 2.73. The smallest absolute Gasteiger partial charge is 0.391 e. The first-order valence-corrected chi connectivity index (χ1v) is 9.00. The van der Waals surface area contributed by atoms with Gasteiger partial charge < -0.3 is 25.4 Å². The van der Waals surface area contributed by atoms with Crippen molar-refractivity contribution in [3.63, 3.8) is 0 Å². The highest BCUT2D eigenvalue weighted by atomic mass is 31.2. The van der Waals surface area contributed by atoms with Gasteiger partial charge in [0.1, 0.15) is 11.4 Å². The average Bonchev–Trinajstić information content (AvgIpc) is 2.50. The highest BCUT2D eigenvalue weighted by Gasteiger charge is 2.18. The Hall–Kier alpha value is -1.27. The van der Waals surface area contributed by atoms with Crippen molar-refractivity contribution in [3.05, 3.63) is 29.8 Å². The molecule has 0 heterocycles. The van der Waals surface area contributed by atoms with E-state index in [2.05, 4.69) is 9.84 Å². The minimum Gasteiger partial charge on any atom is -0.427 e. The van der Waals surface area contributed by atoms with E-state index in [1.54, 1.807) is 12.1 Å². The van der Waals surface area contributed by atoms with E-state index in [9.17, 15) is 9.18 Å². The molecule has 0 unspecified atom stereocenters. The lowest BCUT2D eigenvalue weighted by atomic mass is 10.0. The molecular formula is C16H28FN2O4P. The van der Waals surface area contributed by atoms with E-state index in [1.165, 1.54) is 32.4 Å². The van der Waals surface area contributed by atoms with Crippen molar-refractivity contribution in [2.24, 2.45) is 5.73 Å². The number of hydrogen-bond donors (Lipinski definition) is 4. The molecule has 0 atom stereocenters. The molecule has 1 aromatic rings. The molecule has 5 N–H and O–H groups in total. The van der Waals surface area contributed by atoms with Gasteiger partial charge in [-0.3, -0.25) is 4.79 Å². The first kappa shape index (κ1) is 22.7. The quantitative estimate of drug-likeness (QED) is 0.291. The van der Waals surface area contributed by atoms with Crippen LogP contribution < -0.4 is 15.6 Å². The first-order chi connectivity index (χ1) is 11.3. The van der Waals surface area contributed by atoms with Crippen molar-refractivity contribution in [2.45, 2.75) is 45.2 Å². The number of carbonyl (C=O) groups excluding carboxylic acids is 1. The monoisotopic (exact) mass is 362 g/mol. The molecule has 0 fully saturated rings. The molecule has 0 aliphatic rings. The van der Waals surface area contributed by atoms with Gasteiger partial charge in [0.25, 0.3) is 0 Å². The van der Waals surface area contributed by atoms with Crippen LogP contribution in [0.3, 0.4) is 0 Å². The van der Waals surface area contributed by atoms with Gasteiger partial charge in [0.05, 0.1) is 0 Å². The fourth-order valence-corrected chi connectivity index (χ4v) is 2.10. The minimum atomic E-state index is -2.41. The zero-order valence-electron chi connectivity index (χ0n) is 14.2. The number of carbonyl (C=O) groups is 1. The summed E-state index contributed by atoms with van der Waals surface area (Å²) in [5.41, 5.74) is 4.42. The highest BCUT2D eigenvalue weighted by molar-refractivity contribution is 7.39. The van der Waals surface area contributed by atoms with Gasteiger partial charge in [-0.05, 0) is 50.9 Å². The van der Waals surface area contributed by atoms with Crippen molar-refractivity contribution in [1.82, 2.24) is 5.32 Å². The van der Waals surface area contributed by atoms with Crippen molar-refractivity contribution in [3.8, 4) is 5.75 Å².